The van der Waals surface area contributed by atoms with Crippen molar-refractivity contribution in [1.29, 1.82) is 5.26 Å². The van der Waals surface area contributed by atoms with Crippen LogP contribution in [0, 0.1) is 16.7 Å². The van der Waals surface area contributed by atoms with Gasteiger partial charge in [0.05, 0.1) is 13.0 Å². The van der Waals surface area contributed by atoms with Gasteiger partial charge in [-0.1, -0.05) is 55.8 Å². The molecule has 33 heavy (non-hydrogen) atoms. The Balaban J connectivity index is 1.85. The molecule has 0 fully saturated rings. The average Bonchev–Trinajstić information content (AvgIpc) is 2.76. The minimum absolute atomic E-state index is 0.00613. The highest BCUT2D eigenvalue weighted by molar-refractivity contribution is 6.31. The number of hydrogen-bond acceptors (Lipinski definition) is 6. The van der Waals surface area contributed by atoms with Gasteiger partial charge >= 0.3 is 0 Å². The van der Waals surface area contributed by atoms with Crippen LogP contribution in [0.2, 0.25) is 5.02 Å². The Labute approximate surface area is 198 Å². The molecule has 6 nitrogen and oxygen atoms in total. The van der Waals surface area contributed by atoms with Crippen molar-refractivity contribution < 1.29 is 19.0 Å². The Morgan fingerprint density at radius 2 is 1.97 bits per heavy atom. The fourth-order valence-corrected chi connectivity index (χ4v) is 4.63. The van der Waals surface area contributed by atoms with Crippen molar-refractivity contribution in [2.75, 3.05) is 7.11 Å². The Kier molecular flexibility index (Phi) is 6.09. The fraction of sp³-hybridized carbons (Fsp3) is 0.308. The molecular weight excluding hydrogens is 440 g/mol. The van der Waals surface area contributed by atoms with E-state index in [9.17, 15) is 10.1 Å². The van der Waals surface area contributed by atoms with E-state index in [-0.39, 0.29) is 29.3 Å². The summed E-state index contributed by atoms with van der Waals surface area (Å²) in [5.41, 5.74) is 7.95. The standard InChI is InChI=1S/C26H25ClN2O4/c1-26(2)11-19(30)23-21(12-26)33-25(29)17(13-28)22(23)16-8-6-10-20(31-3)24(16)32-14-15-7-4-5-9-18(15)27/h4-10,22H,11-12,14,29H2,1-3H3. The van der Waals surface area contributed by atoms with E-state index in [0.29, 0.717) is 46.3 Å². The van der Waals surface area contributed by atoms with Crippen LogP contribution in [-0.2, 0) is 16.1 Å². The molecule has 0 bridgehead atoms. The number of benzene rings is 2. The third-order valence-corrected chi connectivity index (χ3v) is 6.31. The molecular formula is C26H25ClN2O4. The fourth-order valence-electron chi connectivity index (χ4n) is 4.44. The van der Waals surface area contributed by atoms with E-state index in [4.69, 9.17) is 31.5 Å². The molecule has 0 amide bonds. The van der Waals surface area contributed by atoms with Gasteiger partial charge in [-0.2, -0.15) is 5.26 Å². The van der Waals surface area contributed by atoms with E-state index >= 15 is 0 Å². The summed E-state index contributed by atoms with van der Waals surface area (Å²) in [6.07, 6.45) is 0.897. The summed E-state index contributed by atoms with van der Waals surface area (Å²) in [5, 5.41) is 10.5. The van der Waals surface area contributed by atoms with Crippen molar-refractivity contribution in [3.8, 4) is 17.6 Å². The van der Waals surface area contributed by atoms with Gasteiger partial charge in [-0.15, -0.1) is 0 Å². The number of carbonyl (C=O) groups excluding carboxylic acids is 1. The SMILES string of the molecule is COc1cccc(C2C(C#N)=C(N)OC3=C2C(=O)CC(C)(C)C3)c1OCc1ccccc1Cl. The van der Waals surface area contributed by atoms with Crippen LogP contribution in [0.1, 0.15) is 43.7 Å². The molecule has 2 N–H and O–H groups in total. The maximum atomic E-state index is 13.3. The van der Waals surface area contributed by atoms with E-state index in [1.165, 1.54) is 0 Å². The number of ether oxygens (including phenoxy) is 3. The van der Waals surface area contributed by atoms with Gasteiger partial charge < -0.3 is 19.9 Å². The topological polar surface area (TPSA) is 94.6 Å². The highest BCUT2D eigenvalue weighted by atomic mass is 35.5. The van der Waals surface area contributed by atoms with E-state index in [0.717, 1.165) is 5.56 Å². The van der Waals surface area contributed by atoms with Crippen LogP contribution < -0.4 is 15.2 Å². The number of ketones is 1. The van der Waals surface area contributed by atoms with Gasteiger partial charge in [-0.3, -0.25) is 4.79 Å². The highest BCUT2D eigenvalue weighted by Crippen LogP contribution is 2.50. The lowest BCUT2D eigenvalue weighted by molar-refractivity contribution is -0.119. The van der Waals surface area contributed by atoms with Crippen LogP contribution >= 0.6 is 11.6 Å². The Bertz CT molecular complexity index is 1220. The first kappa shape index (κ1) is 22.8. The molecule has 1 aliphatic heterocycles. The Hall–Kier alpha value is -3.43. The van der Waals surface area contributed by atoms with Crippen LogP contribution in [0.3, 0.4) is 0 Å². The van der Waals surface area contributed by atoms with Gasteiger partial charge in [0.1, 0.15) is 24.0 Å². The molecule has 0 spiro atoms. The predicted octanol–water partition coefficient (Wildman–Crippen LogP) is 5.38. The molecule has 0 saturated heterocycles. The van der Waals surface area contributed by atoms with Crippen LogP contribution in [-0.4, -0.2) is 12.9 Å². The second kappa shape index (κ2) is 8.84. The van der Waals surface area contributed by atoms with Crippen molar-refractivity contribution >= 4 is 17.4 Å². The number of Topliss-reactive ketones (excluding diaryl/α,β-unsaturated/α-hetero) is 1. The summed E-state index contributed by atoms with van der Waals surface area (Å²) < 4.78 is 17.6. The number of carbonyl (C=O) groups is 1. The summed E-state index contributed by atoms with van der Waals surface area (Å²) in [7, 11) is 1.54. The molecule has 2 aromatic rings. The number of para-hydroxylation sites is 1. The van der Waals surface area contributed by atoms with Crippen LogP contribution in [0.25, 0.3) is 0 Å². The molecule has 7 heteroatoms. The lowest BCUT2D eigenvalue weighted by atomic mass is 9.70. The summed E-state index contributed by atoms with van der Waals surface area (Å²) in [6.45, 7) is 4.21. The molecule has 0 radical (unpaired) electrons. The van der Waals surface area contributed by atoms with Crippen molar-refractivity contribution in [2.45, 2.75) is 39.2 Å². The third-order valence-electron chi connectivity index (χ3n) is 5.95. The van der Waals surface area contributed by atoms with E-state index in [1.807, 2.05) is 38.1 Å². The molecule has 4 rings (SSSR count). The maximum Gasteiger partial charge on any atom is 0.205 e. The predicted molar refractivity (Wildman–Crippen MR) is 124 cm³/mol. The second-order valence-electron chi connectivity index (χ2n) is 8.96. The van der Waals surface area contributed by atoms with Gasteiger partial charge in [0.25, 0.3) is 0 Å². The van der Waals surface area contributed by atoms with Gasteiger partial charge in [0.15, 0.2) is 17.3 Å². The number of halogens is 1. The first-order chi connectivity index (χ1) is 15.8. The zero-order valence-electron chi connectivity index (χ0n) is 18.8. The van der Waals surface area contributed by atoms with Crippen LogP contribution in [0.5, 0.6) is 11.5 Å². The van der Waals surface area contributed by atoms with Crippen molar-refractivity contribution in [3.63, 3.8) is 0 Å². The third kappa shape index (κ3) is 4.29. The molecule has 1 atom stereocenters. The molecule has 0 aromatic heterocycles. The van der Waals surface area contributed by atoms with Crippen molar-refractivity contribution in [1.82, 2.24) is 0 Å². The van der Waals surface area contributed by atoms with Crippen molar-refractivity contribution in [3.05, 3.63) is 81.4 Å². The number of nitrogens with zero attached hydrogens (tertiary/aromatic N) is 1. The number of allylic oxidation sites excluding steroid dienone is 3. The lowest BCUT2D eigenvalue weighted by Gasteiger charge is -2.37. The number of methoxy groups -OCH3 is 1. The normalized spacial score (nSPS) is 19.5. The first-order valence-electron chi connectivity index (χ1n) is 10.6. The Morgan fingerprint density at radius 3 is 2.67 bits per heavy atom. The van der Waals surface area contributed by atoms with Gasteiger partial charge in [-0.05, 0) is 17.5 Å². The number of nitriles is 1. The molecule has 2 aromatic carbocycles. The summed E-state index contributed by atoms with van der Waals surface area (Å²) >= 11 is 6.31. The van der Waals surface area contributed by atoms with E-state index in [1.54, 1.807) is 25.3 Å². The summed E-state index contributed by atoms with van der Waals surface area (Å²) in [6, 6.07) is 14.9. The molecule has 170 valence electrons. The average molecular weight is 465 g/mol. The molecule has 1 aliphatic carbocycles. The summed E-state index contributed by atoms with van der Waals surface area (Å²) in [4.78, 5) is 13.3. The number of hydrogen-bond donors (Lipinski definition) is 1. The van der Waals surface area contributed by atoms with E-state index in [2.05, 4.69) is 6.07 Å². The quantitative estimate of drug-likeness (QED) is 0.638. The molecule has 1 heterocycles. The lowest BCUT2D eigenvalue weighted by Crippen LogP contribution is -2.33. The van der Waals surface area contributed by atoms with Crippen LogP contribution in [0.15, 0.2) is 65.3 Å². The maximum absolute atomic E-state index is 13.3. The number of rotatable bonds is 5. The Morgan fingerprint density at radius 1 is 1.21 bits per heavy atom. The largest absolute Gasteiger partial charge is 0.493 e. The minimum atomic E-state index is -0.710. The zero-order valence-corrected chi connectivity index (χ0v) is 19.5. The summed E-state index contributed by atoms with van der Waals surface area (Å²) in [5.74, 6) is 0.652. The van der Waals surface area contributed by atoms with Gasteiger partial charge in [0.2, 0.25) is 5.88 Å². The highest BCUT2D eigenvalue weighted by Gasteiger charge is 2.44. The van der Waals surface area contributed by atoms with Gasteiger partial charge in [-0.25, -0.2) is 0 Å². The monoisotopic (exact) mass is 464 g/mol. The number of nitrogens with two attached hydrogens (primary N) is 1. The minimum Gasteiger partial charge on any atom is -0.493 e. The van der Waals surface area contributed by atoms with Gasteiger partial charge in [0, 0.05) is 34.6 Å². The first-order valence-corrected chi connectivity index (χ1v) is 11.0. The van der Waals surface area contributed by atoms with Crippen molar-refractivity contribution in [2.24, 2.45) is 11.1 Å². The smallest absolute Gasteiger partial charge is 0.205 e. The molecule has 2 aliphatic rings. The van der Waals surface area contributed by atoms with E-state index < -0.39 is 5.92 Å². The molecule has 0 saturated carbocycles. The molecule has 1 unspecified atom stereocenters. The van der Waals surface area contributed by atoms with Crippen LogP contribution in [0.4, 0.5) is 0 Å². The zero-order chi connectivity index (χ0) is 23.8. The second-order valence-corrected chi connectivity index (χ2v) is 9.37.